The van der Waals surface area contributed by atoms with Crippen molar-refractivity contribution in [3.8, 4) is 5.75 Å². The third-order valence-electron chi connectivity index (χ3n) is 3.83. The molecule has 1 heteroatoms. The summed E-state index contributed by atoms with van der Waals surface area (Å²) in [6, 6.07) is 5.89. The Morgan fingerprint density at radius 1 is 1.25 bits per heavy atom. The van der Waals surface area contributed by atoms with Crippen LogP contribution in [0.1, 0.15) is 51.2 Å². The monoisotopic (exact) mass is 218 g/mol. The van der Waals surface area contributed by atoms with Crippen LogP contribution in [0.2, 0.25) is 0 Å². The first-order valence-electron chi connectivity index (χ1n) is 6.21. The molecule has 0 radical (unpaired) electrons. The normalized spacial score (nSPS) is 25.2. The molecule has 1 nitrogen and oxygen atoms in total. The van der Waals surface area contributed by atoms with Crippen molar-refractivity contribution in [1.82, 2.24) is 0 Å². The topological polar surface area (TPSA) is 20.2 Å². The van der Waals surface area contributed by atoms with Crippen molar-refractivity contribution in [2.45, 2.75) is 46.5 Å². The van der Waals surface area contributed by atoms with Crippen LogP contribution in [0.4, 0.5) is 0 Å². The van der Waals surface area contributed by atoms with E-state index >= 15 is 0 Å². The van der Waals surface area contributed by atoms with Crippen LogP contribution in [0.5, 0.6) is 5.75 Å². The minimum atomic E-state index is 0.297. The number of aromatic hydroxyl groups is 1. The molecule has 1 N–H and O–H groups in total. The molecule has 2 unspecified atom stereocenters. The molecule has 0 bridgehead atoms. The fourth-order valence-corrected chi connectivity index (χ4v) is 3.29. The van der Waals surface area contributed by atoms with Gasteiger partial charge in [0.1, 0.15) is 5.75 Å². The Kier molecular flexibility index (Phi) is 2.73. The number of hydrogen-bond donors (Lipinski definition) is 1. The molecule has 0 fully saturated rings. The smallest absolute Gasteiger partial charge is 0.115 e. The van der Waals surface area contributed by atoms with E-state index in [9.17, 15) is 5.11 Å². The Hall–Kier alpha value is -0.980. The van der Waals surface area contributed by atoms with Crippen LogP contribution in [-0.2, 0) is 6.42 Å². The van der Waals surface area contributed by atoms with Gasteiger partial charge in [-0.15, -0.1) is 0 Å². The Morgan fingerprint density at radius 3 is 2.56 bits per heavy atom. The number of rotatable bonds is 0. The number of aryl methyl sites for hydroxylation is 1. The second-order valence-electron chi connectivity index (χ2n) is 6.24. The highest BCUT2D eigenvalue weighted by Crippen LogP contribution is 2.47. The molecule has 0 aliphatic heterocycles. The van der Waals surface area contributed by atoms with Gasteiger partial charge in [0, 0.05) is 0 Å². The summed E-state index contributed by atoms with van der Waals surface area (Å²) in [5.41, 5.74) is 3.09. The van der Waals surface area contributed by atoms with E-state index in [-0.39, 0.29) is 0 Å². The van der Waals surface area contributed by atoms with Crippen molar-refractivity contribution in [3.63, 3.8) is 0 Å². The summed E-state index contributed by atoms with van der Waals surface area (Å²) in [5.74, 6) is 1.75. The fourth-order valence-electron chi connectivity index (χ4n) is 3.29. The maximum atomic E-state index is 9.54. The summed E-state index contributed by atoms with van der Waals surface area (Å²) >= 11 is 0. The SMILES string of the molecule is CC1CCc2cc(O)ccc2C1C(C)(C)C. The maximum absolute atomic E-state index is 9.54. The molecule has 0 amide bonds. The number of fused-ring (bicyclic) bond motifs is 1. The minimum absolute atomic E-state index is 0.297. The van der Waals surface area contributed by atoms with Gasteiger partial charge in [-0.25, -0.2) is 0 Å². The summed E-state index contributed by atoms with van der Waals surface area (Å²) < 4.78 is 0. The van der Waals surface area contributed by atoms with Crippen LogP contribution in [0.15, 0.2) is 18.2 Å². The molecule has 0 aromatic heterocycles. The Bertz CT molecular complexity index is 387. The molecule has 2 rings (SSSR count). The van der Waals surface area contributed by atoms with Gasteiger partial charge in [0.15, 0.2) is 0 Å². The van der Waals surface area contributed by atoms with Crippen LogP contribution in [0.3, 0.4) is 0 Å². The van der Waals surface area contributed by atoms with E-state index in [0.29, 0.717) is 17.1 Å². The molecule has 0 heterocycles. The molecular weight excluding hydrogens is 196 g/mol. The molecular formula is C15H22O. The lowest BCUT2D eigenvalue weighted by Gasteiger charge is -2.40. The van der Waals surface area contributed by atoms with Gasteiger partial charge in [0.25, 0.3) is 0 Å². The van der Waals surface area contributed by atoms with Crippen molar-refractivity contribution >= 4 is 0 Å². The van der Waals surface area contributed by atoms with Gasteiger partial charge < -0.3 is 5.11 Å². The van der Waals surface area contributed by atoms with Gasteiger partial charge in [0.05, 0.1) is 0 Å². The lowest BCUT2D eigenvalue weighted by atomic mass is 9.64. The summed E-state index contributed by atoms with van der Waals surface area (Å²) in [7, 11) is 0. The van der Waals surface area contributed by atoms with E-state index in [0.717, 1.165) is 12.3 Å². The van der Waals surface area contributed by atoms with Crippen molar-refractivity contribution in [2.75, 3.05) is 0 Å². The molecule has 0 saturated carbocycles. The van der Waals surface area contributed by atoms with Crippen LogP contribution in [0.25, 0.3) is 0 Å². The summed E-state index contributed by atoms with van der Waals surface area (Å²) in [4.78, 5) is 0. The van der Waals surface area contributed by atoms with Crippen molar-refractivity contribution in [3.05, 3.63) is 29.3 Å². The zero-order valence-corrected chi connectivity index (χ0v) is 10.7. The van der Waals surface area contributed by atoms with Gasteiger partial charge in [-0.2, -0.15) is 0 Å². The number of benzene rings is 1. The number of phenolic OH excluding ortho intramolecular Hbond substituents is 1. The molecule has 1 aliphatic carbocycles. The lowest BCUT2D eigenvalue weighted by molar-refractivity contribution is 0.225. The average molecular weight is 218 g/mol. The molecule has 1 aliphatic rings. The first-order chi connectivity index (χ1) is 7.39. The van der Waals surface area contributed by atoms with Crippen molar-refractivity contribution in [1.29, 1.82) is 0 Å². The third-order valence-corrected chi connectivity index (χ3v) is 3.83. The Morgan fingerprint density at radius 2 is 1.94 bits per heavy atom. The maximum Gasteiger partial charge on any atom is 0.115 e. The van der Waals surface area contributed by atoms with Crippen LogP contribution >= 0.6 is 0 Å². The van der Waals surface area contributed by atoms with E-state index in [1.807, 2.05) is 12.1 Å². The van der Waals surface area contributed by atoms with Gasteiger partial charge in [-0.1, -0.05) is 33.8 Å². The van der Waals surface area contributed by atoms with E-state index in [4.69, 9.17) is 0 Å². The highest BCUT2D eigenvalue weighted by Gasteiger charge is 2.35. The first kappa shape index (κ1) is 11.5. The van der Waals surface area contributed by atoms with Crippen molar-refractivity contribution in [2.24, 2.45) is 11.3 Å². The highest BCUT2D eigenvalue weighted by atomic mass is 16.3. The van der Waals surface area contributed by atoms with Crippen molar-refractivity contribution < 1.29 is 5.11 Å². The van der Waals surface area contributed by atoms with Gasteiger partial charge >= 0.3 is 0 Å². The van der Waals surface area contributed by atoms with Crippen LogP contribution in [-0.4, -0.2) is 5.11 Å². The average Bonchev–Trinajstić information content (AvgIpc) is 2.16. The molecule has 2 atom stereocenters. The second kappa shape index (κ2) is 3.80. The second-order valence-corrected chi connectivity index (χ2v) is 6.24. The molecule has 88 valence electrons. The zero-order valence-electron chi connectivity index (χ0n) is 10.7. The fraction of sp³-hybridized carbons (Fsp3) is 0.600. The summed E-state index contributed by atoms with van der Waals surface area (Å²) in [6.45, 7) is 9.30. The predicted molar refractivity (Wildman–Crippen MR) is 67.8 cm³/mol. The minimum Gasteiger partial charge on any atom is -0.508 e. The summed E-state index contributed by atoms with van der Waals surface area (Å²) in [6.07, 6.45) is 2.34. The molecule has 1 aromatic rings. The standard InChI is InChI=1S/C15H22O/c1-10-5-6-11-9-12(16)7-8-13(11)14(10)15(2,3)4/h7-10,14,16H,5-6H2,1-4H3. The van der Waals surface area contributed by atoms with E-state index < -0.39 is 0 Å². The quantitative estimate of drug-likeness (QED) is 0.695. The predicted octanol–water partition coefficient (Wildman–Crippen LogP) is 4.10. The third kappa shape index (κ3) is 1.95. The zero-order chi connectivity index (χ0) is 11.9. The van der Waals surface area contributed by atoms with Gasteiger partial charge in [-0.3, -0.25) is 0 Å². The van der Waals surface area contributed by atoms with E-state index in [2.05, 4.69) is 33.8 Å². The molecule has 1 aromatic carbocycles. The van der Waals surface area contributed by atoms with E-state index in [1.54, 1.807) is 0 Å². The first-order valence-corrected chi connectivity index (χ1v) is 6.21. The van der Waals surface area contributed by atoms with Crippen LogP contribution in [0, 0.1) is 11.3 Å². The highest BCUT2D eigenvalue weighted by molar-refractivity contribution is 5.40. The Labute approximate surface area is 98.5 Å². The molecule has 16 heavy (non-hydrogen) atoms. The molecule has 0 saturated heterocycles. The molecule has 0 spiro atoms. The van der Waals surface area contributed by atoms with Crippen LogP contribution < -0.4 is 0 Å². The largest absolute Gasteiger partial charge is 0.508 e. The Balaban J connectivity index is 2.48. The summed E-state index contributed by atoms with van der Waals surface area (Å²) in [5, 5.41) is 9.54. The van der Waals surface area contributed by atoms with E-state index in [1.165, 1.54) is 17.5 Å². The van der Waals surface area contributed by atoms with Gasteiger partial charge in [-0.05, 0) is 53.4 Å². The number of hydrogen-bond acceptors (Lipinski definition) is 1. The lowest BCUT2D eigenvalue weighted by Crippen LogP contribution is -2.29. The van der Waals surface area contributed by atoms with Gasteiger partial charge in [0.2, 0.25) is 0 Å². The number of phenols is 1.